The zero-order valence-corrected chi connectivity index (χ0v) is 28.3. The molecule has 24 heteroatoms. The van der Waals surface area contributed by atoms with Crippen LogP contribution in [0.4, 0.5) is 0 Å². The maximum absolute atomic E-state index is 11.5. The number of aliphatic hydroxyl groups is 8. The monoisotopic (exact) mass is 683 g/mol. The maximum atomic E-state index is 11.5. The molecule has 0 radical (unpaired) electrons. The van der Waals surface area contributed by atoms with Crippen molar-refractivity contribution in [3.63, 3.8) is 0 Å². The van der Waals surface area contributed by atoms with Crippen LogP contribution in [0.2, 0.25) is 0 Å². The zero-order chi connectivity index (χ0) is 31.7. The van der Waals surface area contributed by atoms with E-state index in [2.05, 4.69) is 9.50 Å². The van der Waals surface area contributed by atoms with Crippen LogP contribution in [-0.2, 0) is 47.9 Å². The summed E-state index contributed by atoms with van der Waals surface area (Å²) < 4.78 is 63.5. The van der Waals surface area contributed by atoms with Crippen LogP contribution in [0.15, 0.2) is 0 Å². The van der Waals surface area contributed by atoms with E-state index < -0.39 is 128 Å². The van der Waals surface area contributed by atoms with E-state index in [0.29, 0.717) is 0 Å². The Hall–Kier alpha value is 0.290. The molecule has 21 nitrogen and oxygen atoms in total. The number of carboxylic acid groups (broad SMARTS) is 1. The fourth-order valence-electron chi connectivity index (χ4n) is 4.67. The number of ether oxygens (including phenoxy) is 5. The SMILES string of the molecule is CC(=O)N[C@H]1C(O)O[C@H](CO)[C@@H](O[C@@H]2O[C@H](CO)[C@H](O)[C@H](O[C@@H]3O[C@H](C(=O)[O-])[C@@H](O)[C@H](OS(=O)(=O)[O-])[C@H]3O)[C@H]2O)[C@@H]1O.[Na+].[Na+]. The van der Waals surface area contributed by atoms with Gasteiger partial charge in [0.15, 0.2) is 18.9 Å². The molecule has 0 saturated carbocycles. The summed E-state index contributed by atoms with van der Waals surface area (Å²) in [7, 11) is -5.65. The van der Waals surface area contributed by atoms with Gasteiger partial charge in [-0.15, -0.1) is 0 Å². The number of hydrogen-bond acceptors (Lipinski definition) is 20. The van der Waals surface area contributed by atoms with Gasteiger partial charge in [0.2, 0.25) is 16.3 Å². The first kappa shape index (κ1) is 42.3. The molecule has 244 valence electrons. The fraction of sp³-hybridized carbons (Fsp3) is 0.900. The molecule has 3 aliphatic rings. The van der Waals surface area contributed by atoms with Gasteiger partial charge in [-0.1, -0.05) is 0 Å². The van der Waals surface area contributed by atoms with E-state index in [1.807, 2.05) is 0 Å². The molecule has 3 fully saturated rings. The summed E-state index contributed by atoms with van der Waals surface area (Å²) in [5.74, 6) is -2.87. The molecule has 15 atom stereocenters. The molecule has 44 heavy (non-hydrogen) atoms. The third-order valence-electron chi connectivity index (χ3n) is 6.65. The van der Waals surface area contributed by atoms with Crippen molar-refractivity contribution in [3.05, 3.63) is 0 Å². The predicted octanol–water partition coefficient (Wildman–Crippen LogP) is -15.2. The Bertz CT molecular complexity index is 1060. The third kappa shape index (κ3) is 9.91. The molecular formula is C20H31NNa2O20S. The van der Waals surface area contributed by atoms with Gasteiger partial charge in [-0.05, 0) is 0 Å². The van der Waals surface area contributed by atoms with Crippen LogP contribution < -0.4 is 69.5 Å². The molecular weight excluding hydrogens is 652 g/mol. The van der Waals surface area contributed by atoms with E-state index in [9.17, 15) is 68.5 Å². The number of nitrogens with one attached hydrogen (secondary N) is 1. The van der Waals surface area contributed by atoms with Gasteiger partial charge in [0, 0.05) is 6.92 Å². The second kappa shape index (κ2) is 17.6. The Morgan fingerprint density at radius 2 is 1.30 bits per heavy atom. The van der Waals surface area contributed by atoms with E-state index in [0.717, 1.165) is 6.92 Å². The topological polar surface area (TPSA) is 344 Å². The first-order chi connectivity index (χ1) is 19.5. The summed E-state index contributed by atoms with van der Waals surface area (Å²) in [6, 6.07) is -1.50. The van der Waals surface area contributed by atoms with Gasteiger partial charge in [0.25, 0.3) is 0 Å². The minimum atomic E-state index is -5.65. The number of hydrogen-bond donors (Lipinski definition) is 9. The third-order valence-corrected chi connectivity index (χ3v) is 7.11. The molecule has 1 amide bonds. The standard InChI is InChI=1S/C20H33NO20S.2Na/c1-4(24)21-7-9(26)13(6(3-23)36-18(7)32)38-19-11(28)14(8(25)5(2-22)37-19)39-20-12(29)15(41-42(33,34)35)10(27)16(40-20)17(30)31;;/h5-16,18-20,22-23,25-29,32H,2-3H2,1H3,(H,21,24)(H,30,31)(H,33,34,35);;/q;2*+1/p-2/t5-,6-,7-,8+,9-,10+,11-,12-,13-,14+,15+,16+,18?,19+,20-;;/m1../s1. The summed E-state index contributed by atoms with van der Waals surface area (Å²) in [4.78, 5) is 22.9. The molecule has 3 saturated heterocycles. The smallest absolute Gasteiger partial charge is 0.726 e. The zero-order valence-electron chi connectivity index (χ0n) is 23.5. The molecule has 0 spiro atoms. The Morgan fingerprint density at radius 1 is 0.773 bits per heavy atom. The molecule has 0 bridgehead atoms. The van der Waals surface area contributed by atoms with Crippen molar-refractivity contribution in [3.8, 4) is 0 Å². The van der Waals surface area contributed by atoms with E-state index in [1.54, 1.807) is 0 Å². The van der Waals surface area contributed by atoms with Gasteiger partial charge in [0.1, 0.15) is 73.2 Å². The Balaban J connectivity index is 0.00000484. The molecule has 1 unspecified atom stereocenters. The number of aliphatic carboxylic acids is 1. The maximum Gasteiger partial charge on any atom is 1.00 e. The Kier molecular flexibility index (Phi) is 16.9. The van der Waals surface area contributed by atoms with Crippen molar-refractivity contribution < 1.29 is 156 Å². The molecule has 0 aromatic carbocycles. The van der Waals surface area contributed by atoms with Crippen LogP contribution in [0.5, 0.6) is 0 Å². The molecule has 0 aromatic rings. The summed E-state index contributed by atoms with van der Waals surface area (Å²) in [6.45, 7) is -0.799. The minimum Gasteiger partial charge on any atom is -0.726 e. The van der Waals surface area contributed by atoms with Gasteiger partial charge >= 0.3 is 59.1 Å². The fourth-order valence-corrected chi connectivity index (χ4v) is 5.17. The Labute approximate surface area is 293 Å². The summed E-state index contributed by atoms with van der Waals surface area (Å²) in [6.07, 6.45) is -28.9. The average Bonchev–Trinajstić information content (AvgIpc) is 2.89. The molecule has 3 heterocycles. The van der Waals surface area contributed by atoms with Crippen molar-refractivity contribution in [1.82, 2.24) is 5.32 Å². The minimum absolute atomic E-state index is 0. The van der Waals surface area contributed by atoms with E-state index in [-0.39, 0.29) is 59.1 Å². The summed E-state index contributed by atoms with van der Waals surface area (Å²) in [5.41, 5.74) is 0. The molecule has 9 N–H and O–H groups in total. The van der Waals surface area contributed by atoms with Crippen LogP contribution in [0.25, 0.3) is 0 Å². The largest absolute Gasteiger partial charge is 1.00 e. The van der Waals surface area contributed by atoms with Crippen LogP contribution in [0.3, 0.4) is 0 Å². The van der Waals surface area contributed by atoms with Crippen molar-refractivity contribution in [1.29, 1.82) is 0 Å². The van der Waals surface area contributed by atoms with Crippen LogP contribution in [-0.4, -0.2) is 171 Å². The van der Waals surface area contributed by atoms with Gasteiger partial charge in [-0.2, -0.15) is 0 Å². The summed E-state index contributed by atoms with van der Waals surface area (Å²) >= 11 is 0. The molecule has 0 aromatic heterocycles. The predicted molar refractivity (Wildman–Crippen MR) is 119 cm³/mol. The molecule has 3 aliphatic heterocycles. The first-order valence-corrected chi connectivity index (χ1v) is 13.5. The number of carbonyl (C=O) groups excluding carboxylic acids is 2. The van der Waals surface area contributed by atoms with E-state index in [1.165, 1.54) is 0 Å². The van der Waals surface area contributed by atoms with Gasteiger partial charge in [0.05, 0.1) is 19.2 Å². The molecule has 3 rings (SSSR count). The number of carboxylic acids is 1. The second-order valence-electron chi connectivity index (χ2n) is 9.57. The van der Waals surface area contributed by atoms with Crippen molar-refractivity contribution >= 4 is 22.3 Å². The normalized spacial score (nSPS) is 42.8. The number of amides is 1. The van der Waals surface area contributed by atoms with E-state index >= 15 is 0 Å². The van der Waals surface area contributed by atoms with Gasteiger partial charge in [-0.3, -0.25) is 8.98 Å². The van der Waals surface area contributed by atoms with Crippen molar-refractivity contribution in [2.75, 3.05) is 13.2 Å². The van der Waals surface area contributed by atoms with Gasteiger partial charge in [-0.25, -0.2) is 8.42 Å². The number of carbonyl (C=O) groups is 2. The first-order valence-electron chi connectivity index (χ1n) is 12.2. The average molecular weight is 684 g/mol. The second-order valence-corrected chi connectivity index (χ2v) is 10.6. The van der Waals surface area contributed by atoms with Crippen LogP contribution in [0, 0.1) is 0 Å². The summed E-state index contributed by atoms with van der Waals surface area (Å²) in [5, 5.41) is 96.0. The van der Waals surface area contributed by atoms with E-state index in [4.69, 9.17) is 23.7 Å². The number of rotatable bonds is 10. The number of aliphatic hydroxyl groups excluding tert-OH is 8. The Morgan fingerprint density at radius 3 is 1.80 bits per heavy atom. The van der Waals surface area contributed by atoms with Gasteiger partial charge < -0.3 is 84.3 Å². The van der Waals surface area contributed by atoms with Crippen LogP contribution in [0.1, 0.15) is 6.92 Å². The van der Waals surface area contributed by atoms with Crippen molar-refractivity contribution in [2.24, 2.45) is 0 Å². The molecule has 0 aliphatic carbocycles. The quantitative estimate of drug-likeness (QED) is 0.0586. The van der Waals surface area contributed by atoms with Crippen molar-refractivity contribution in [2.45, 2.75) is 99.0 Å². The van der Waals surface area contributed by atoms with Crippen LogP contribution >= 0.6 is 0 Å².